The zero-order valence-corrected chi connectivity index (χ0v) is 15.2. The lowest BCUT2D eigenvalue weighted by Gasteiger charge is -2.12. The van der Waals surface area contributed by atoms with Gasteiger partial charge in [-0.15, -0.1) is 0 Å². The summed E-state index contributed by atoms with van der Waals surface area (Å²) in [6.07, 6.45) is 8.93. The molecule has 7 heteroatoms. The van der Waals surface area contributed by atoms with Crippen LogP contribution in [0, 0.1) is 13.8 Å². The van der Waals surface area contributed by atoms with E-state index in [0.717, 1.165) is 34.2 Å². The topological polar surface area (TPSA) is 81.4 Å². The van der Waals surface area contributed by atoms with Crippen LogP contribution < -0.4 is 5.32 Å². The lowest BCUT2D eigenvalue weighted by atomic mass is 10.2. The zero-order valence-electron chi connectivity index (χ0n) is 15.2. The Morgan fingerprint density at radius 2 is 1.93 bits per heavy atom. The molecule has 4 aromatic rings. The summed E-state index contributed by atoms with van der Waals surface area (Å²) >= 11 is 0. The van der Waals surface area contributed by atoms with Crippen LogP contribution in [0.15, 0.2) is 61.4 Å². The molecule has 0 atom stereocenters. The predicted molar refractivity (Wildman–Crippen MR) is 103 cm³/mol. The van der Waals surface area contributed by atoms with Gasteiger partial charge in [-0.05, 0) is 37.6 Å². The van der Waals surface area contributed by atoms with Gasteiger partial charge in [0.2, 0.25) is 0 Å². The maximum absolute atomic E-state index is 4.66. The number of hydrogen-bond donors (Lipinski definition) is 1. The second-order valence-electron chi connectivity index (χ2n) is 6.17. The summed E-state index contributed by atoms with van der Waals surface area (Å²) in [5.41, 5.74) is 3.78. The van der Waals surface area contributed by atoms with Crippen LogP contribution in [0.3, 0.4) is 0 Å². The van der Waals surface area contributed by atoms with Gasteiger partial charge >= 0.3 is 0 Å². The van der Waals surface area contributed by atoms with Gasteiger partial charge in [0.15, 0.2) is 5.82 Å². The molecule has 4 rings (SSSR count). The lowest BCUT2D eigenvalue weighted by Crippen LogP contribution is -2.08. The Kier molecular flexibility index (Phi) is 4.57. The number of aromatic nitrogens is 6. The minimum atomic E-state index is 0.620. The van der Waals surface area contributed by atoms with E-state index in [0.29, 0.717) is 12.4 Å². The second-order valence-corrected chi connectivity index (χ2v) is 6.17. The number of rotatable bonds is 5. The van der Waals surface area contributed by atoms with Gasteiger partial charge in [0.05, 0.1) is 0 Å². The van der Waals surface area contributed by atoms with Crippen LogP contribution >= 0.6 is 0 Å². The van der Waals surface area contributed by atoms with Crippen LogP contribution in [0.4, 0.5) is 5.82 Å². The van der Waals surface area contributed by atoms with Crippen LogP contribution in [0.5, 0.6) is 0 Å². The van der Waals surface area contributed by atoms with E-state index >= 15 is 0 Å². The first kappa shape index (κ1) is 16.8. The van der Waals surface area contributed by atoms with Crippen molar-refractivity contribution in [3.63, 3.8) is 0 Å². The number of nitrogens with zero attached hydrogens (tertiary/aromatic N) is 6. The van der Waals surface area contributed by atoms with Gasteiger partial charge in [-0.1, -0.05) is 12.1 Å². The summed E-state index contributed by atoms with van der Waals surface area (Å²) in [7, 11) is 0. The molecule has 1 N–H and O–H groups in total. The highest BCUT2D eigenvalue weighted by atomic mass is 15.1. The van der Waals surface area contributed by atoms with Crippen molar-refractivity contribution in [2.45, 2.75) is 20.4 Å². The largest absolute Gasteiger partial charge is 0.366 e. The molecule has 0 fully saturated rings. The first-order chi connectivity index (χ1) is 13.2. The molecule has 27 heavy (non-hydrogen) atoms. The molecule has 0 aliphatic rings. The molecule has 134 valence electrons. The number of nitrogens with one attached hydrogen (secondary N) is 1. The molecule has 0 aromatic carbocycles. The lowest BCUT2D eigenvalue weighted by molar-refractivity contribution is 0.972. The Balaban J connectivity index is 1.53. The molecule has 0 saturated heterocycles. The first-order valence-electron chi connectivity index (χ1n) is 8.64. The minimum absolute atomic E-state index is 0.620. The molecule has 0 amide bonds. The highest BCUT2D eigenvalue weighted by molar-refractivity contribution is 5.56. The fourth-order valence-corrected chi connectivity index (χ4v) is 2.66. The molecule has 4 aromatic heterocycles. The summed E-state index contributed by atoms with van der Waals surface area (Å²) < 4.78 is 1.87. The number of aryl methyl sites for hydroxylation is 1. The van der Waals surface area contributed by atoms with Crippen LogP contribution in [0.1, 0.15) is 16.8 Å². The molecule has 0 unspecified atom stereocenters. The fraction of sp³-hybridized carbons (Fsp3) is 0.150. The monoisotopic (exact) mass is 357 g/mol. The molecule has 0 radical (unpaired) electrons. The summed E-state index contributed by atoms with van der Waals surface area (Å²) in [6, 6.07) is 9.73. The van der Waals surface area contributed by atoms with Gasteiger partial charge in [-0.2, -0.15) is 0 Å². The molecule has 0 aliphatic carbocycles. The van der Waals surface area contributed by atoms with Crippen LogP contribution in [0.25, 0.3) is 17.3 Å². The summed E-state index contributed by atoms with van der Waals surface area (Å²) in [5, 5.41) is 3.40. The normalized spacial score (nSPS) is 10.7. The van der Waals surface area contributed by atoms with Gasteiger partial charge in [0, 0.05) is 42.6 Å². The van der Waals surface area contributed by atoms with Crippen LogP contribution in [-0.4, -0.2) is 29.5 Å². The Bertz CT molecular complexity index is 1030. The maximum Gasteiger partial charge on any atom is 0.180 e. The van der Waals surface area contributed by atoms with E-state index in [1.54, 1.807) is 18.7 Å². The van der Waals surface area contributed by atoms with Gasteiger partial charge in [-0.25, -0.2) is 19.9 Å². The Labute approximate surface area is 157 Å². The number of imidazole rings is 1. The third kappa shape index (κ3) is 3.67. The molecule has 4 heterocycles. The molecular weight excluding hydrogens is 338 g/mol. The van der Waals surface area contributed by atoms with E-state index < -0.39 is 0 Å². The summed E-state index contributed by atoms with van der Waals surface area (Å²) in [5.74, 6) is 2.26. The van der Waals surface area contributed by atoms with Crippen LogP contribution in [0.2, 0.25) is 0 Å². The zero-order chi connectivity index (χ0) is 18.6. The van der Waals surface area contributed by atoms with Crippen molar-refractivity contribution >= 4 is 5.82 Å². The second kappa shape index (κ2) is 7.33. The maximum atomic E-state index is 4.66. The van der Waals surface area contributed by atoms with E-state index in [-0.39, 0.29) is 0 Å². The van der Waals surface area contributed by atoms with E-state index in [1.807, 2.05) is 61.1 Å². The Morgan fingerprint density at radius 1 is 1.00 bits per heavy atom. The Morgan fingerprint density at radius 3 is 2.63 bits per heavy atom. The van der Waals surface area contributed by atoms with Gasteiger partial charge < -0.3 is 5.32 Å². The summed E-state index contributed by atoms with van der Waals surface area (Å²) in [6.45, 7) is 4.62. The van der Waals surface area contributed by atoms with Crippen molar-refractivity contribution in [1.82, 2.24) is 29.5 Å². The smallest absolute Gasteiger partial charge is 0.180 e. The standard InChI is InChI=1S/C20H19N7/c1-14-15(2)25-20(17-5-3-4-8-22-17)26-19(14)24-12-16-6-7-18(23-11-16)27-10-9-21-13-27/h3-11,13H,12H2,1-2H3,(H,24,25,26). The number of hydrogen-bond acceptors (Lipinski definition) is 6. The molecule has 7 nitrogen and oxygen atoms in total. The quantitative estimate of drug-likeness (QED) is 0.590. The third-order valence-corrected chi connectivity index (χ3v) is 4.32. The highest BCUT2D eigenvalue weighted by Gasteiger charge is 2.10. The Hall–Kier alpha value is -3.61. The van der Waals surface area contributed by atoms with Gasteiger partial charge in [0.1, 0.15) is 23.7 Å². The molecule has 0 aliphatic heterocycles. The average Bonchev–Trinajstić information content (AvgIpc) is 3.25. The number of anilines is 1. The van der Waals surface area contributed by atoms with Gasteiger partial charge in [-0.3, -0.25) is 9.55 Å². The van der Waals surface area contributed by atoms with E-state index in [9.17, 15) is 0 Å². The van der Waals surface area contributed by atoms with Crippen molar-refractivity contribution in [1.29, 1.82) is 0 Å². The average molecular weight is 357 g/mol. The third-order valence-electron chi connectivity index (χ3n) is 4.32. The molecule has 0 spiro atoms. The van der Waals surface area contributed by atoms with E-state index in [1.165, 1.54) is 0 Å². The SMILES string of the molecule is Cc1nc(-c2ccccn2)nc(NCc2ccc(-n3ccnc3)nc2)c1C. The molecule has 0 bridgehead atoms. The van der Waals surface area contributed by atoms with Crippen molar-refractivity contribution in [3.05, 3.63) is 78.3 Å². The fourth-order valence-electron chi connectivity index (χ4n) is 2.66. The minimum Gasteiger partial charge on any atom is -0.366 e. The van der Waals surface area contributed by atoms with Crippen molar-refractivity contribution in [2.75, 3.05) is 5.32 Å². The van der Waals surface area contributed by atoms with Crippen LogP contribution in [-0.2, 0) is 6.54 Å². The molecular formula is C20H19N7. The summed E-state index contributed by atoms with van der Waals surface area (Å²) in [4.78, 5) is 22.1. The van der Waals surface area contributed by atoms with Crippen molar-refractivity contribution in [2.24, 2.45) is 0 Å². The van der Waals surface area contributed by atoms with Crippen molar-refractivity contribution in [3.8, 4) is 17.3 Å². The predicted octanol–water partition coefficient (Wildman–Crippen LogP) is 3.35. The van der Waals surface area contributed by atoms with Crippen molar-refractivity contribution < 1.29 is 0 Å². The van der Waals surface area contributed by atoms with E-state index in [4.69, 9.17) is 0 Å². The van der Waals surface area contributed by atoms with Gasteiger partial charge in [0.25, 0.3) is 0 Å². The highest BCUT2D eigenvalue weighted by Crippen LogP contribution is 2.20. The molecule has 0 saturated carbocycles. The first-order valence-corrected chi connectivity index (χ1v) is 8.64. The van der Waals surface area contributed by atoms with E-state index in [2.05, 4.69) is 30.2 Å². The number of pyridine rings is 2.